The lowest BCUT2D eigenvalue weighted by molar-refractivity contribution is -0.137. The van der Waals surface area contributed by atoms with Crippen molar-refractivity contribution < 1.29 is 9.90 Å². The van der Waals surface area contributed by atoms with Crippen LogP contribution in [0.2, 0.25) is 0 Å². The zero-order valence-electron chi connectivity index (χ0n) is 12.1. The molecule has 1 saturated heterocycles. The van der Waals surface area contributed by atoms with E-state index in [1.165, 1.54) is 24.0 Å². The molecule has 2 fully saturated rings. The van der Waals surface area contributed by atoms with Gasteiger partial charge in [-0.2, -0.15) is 0 Å². The van der Waals surface area contributed by atoms with Crippen molar-refractivity contribution in [1.82, 2.24) is 4.90 Å². The minimum Gasteiger partial charge on any atom is -0.481 e. The highest BCUT2D eigenvalue weighted by Gasteiger charge is 2.47. The van der Waals surface area contributed by atoms with Gasteiger partial charge in [-0.15, -0.1) is 0 Å². The molecule has 20 heavy (non-hydrogen) atoms. The summed E-state index contributed by atoms with van der Waals surface area (Å²) in [6.07, 6.45) is 4.73. The first-order valence-electron chi connectivity index (χ1n) is 7.60. The van der Waals surface area contributed by atoms with Gasteiger partial charge in [-0.25, -0.2) is 0 Å². The van der Waals surface area contributed by atoms with Crippen LogP contribution in [0.5, 0.6) is 0 Å². The summed E-state index contributed by atoms with van der Waals surface area (Å²) in [5.74, 6) is -0.0608. The van der Waals surface area contributed by atoms with Crippen LogP contribution in [0.25, 0.3) is 0 Å². The minimum atomic E-state index is -0.666. The Kier molecular flexibility index (Phi) is 3.55. The maximum atomic E-state index is 11.2. The van der Waals surface area contributed by atoms with E-state index in [2.05, 4.69) is 36.2 Å². The number of piperidine rings is 1. The molecule has 2 aliphatic rings. The minimum absolute atomic E-state index is 0.0637. The van der Waals surface area contributed by atoms with Crippen LogP contribution in [0, 0.1) is 0 Å². The van der Waals surface area contributed by atoms with Crippen LogP contribution in [0.15, 0.2) is 24.3 Å². The first-order valence-corrected chi connectivity index (χ1v) is 7.60. The standard InChI is InChI=1S/C17H23NO2/c1-18-10-6-13(7-11-18)14-4-2-3-5-15(14)17(8-9-17)12-16(19)20/h2-5,13H,6-12H2,1H3,(H,19,20). The summed E-state index contributed by atoms with van der Waals surface area (Å²) in [6.45, 7) is 2.29. The SMILES string of the molecule is CN1CCC(c2ccccc2C2(CC(=O)O)CC2)CC1. The quantitative estimate of drug-likeness (QED) is 0.916. The fourth-order valence-corrected chi connectivity index (χ4v) is 3.64. The van der Waals surface area contributed by atoms with E-state index in [0.29, 0.717) is 5.92 Å². The molecular formula is C17H23NO2. The van der Waals surface area contributed by atoms with Crippen molar-refractivity contribution in [1.29, 1.82) is 0 Å². The zero-order valence-corrected chi connectivity index (χ0v) is 12.1. The molecule has 108 valence electrons. The van der Waals surface area contributed by atoms with E-state index in [1.807, 2.05) is 0 Å². The Morgan fingerprint density at radius 3 is 2.55 bits per heavy atom. The highest BCUT2D eigenvalue weighted by atomic mass is 16.4. The predicted octanol–water partition coefficient (Wildman–Crippen LogP) is 3.00. The molecule has 1 aromatic rings. The summed E-state index contributed by atoms with van der Waals surface area (Å²) in [4.78, 5) is 13.5. The molecule has 0 spiro atoms. The van der Waals surface area contributed by atoms with Crippen molar-refractivity contribution in [2.45, 2.75) is 43.4 Å². The highest BCUT2D eigenvalue weighted by molar-refractivity contribution is 5.70. The highest BCUT2D eigenvalue weighted by Crippen LogP contribution is 2.53. The Hall–Kier alpha value is -1.35. The lowest BCUT2D eigenvalue weighted by Crippen LogP contribution is -2.30. The molecule has 0 aromatic heterocycles. The van der Waals surface area contributed by atoms with Crippen molar-refractivity contribution in [3.05, 3.63) is 35.4 Å². The summed E-state index contributed by atoms with van der Waals surface area (Å²) in [6, 6.07) is 8.57. The maximum Gasteiger partial charge on any atom is 0.304 e. The second-order valence-electron chi connectivity index (χ2n) is 6.52. The molecule has 0 bridgehead atoms. The molecule has 1 heterocycles. The number of hydrogen-bond donors (Lipinski definition) is 1. The molecule has 1 N–H and O–H groups in total. The van der Waals surface area contributed by atoms with Gasteiger partial charge in [0.05, 0.1) is 6.42 Å². The number of benzene rings is 1. The van der Waals surface area contributed by atoms with Gasteiger partial charge in [0.1, 0.15) is 0 Å². The van der Waals surface area contributed by atoms with Crippen molar-refractivity contribution >= 4 is 5.97 Å². The van der Waals surface area contributed by atoms with Crippen LogP contribution in [0.3, 0.4) is 0 Å². The number of aliphatic carboxylic acids is 1. The Labute approximate surface area is 120 Å². The van der Waals surface area contributed by atoms with Crippen LogP contribution in [-0.2, 0) is 10.2 Å². The van der Waals surface area contributed by atoms with Gasteiger partial charge in [0.25, 0.3) is 0 Å². The van der Waals surface area contributed by atoms with Crippen molar-refractivity contribution in [2.75, 3.05) is 20.1 Å². The van der Waals surface area contributed by atoms with Crippen LogP contribution >= 0.6 is 0 Å². The topological polar surface area (TPSA) is 40.5 Å². The van der Waals surface area contributed by atoms with Gasteiger partial charge in [0.15, 0.2) is 0 Å². The first kappa shape index (κ1) is 13.6. The molecule has 1 aromatic carbocycles. The van der Waals surface area contributed by atoms with E-state index in [9.17, 15) is 9.90 Å². The normalized spacial score (nSPS) is 22.6. The largest absolute Gasteiger partial charge is 0.481 e. The van der Waals surface area contributed by atoms with Gasteiger partial charge in [0, 0.05) is 5.41 Å². The lowest BCUT2D eigenvalue weighted by atomic mass is 9.80. The zero-order chi connectivity index (χ0) is 14.2. The van der Waals surface area contributed by atoms with Gasteiger partial charge in [0.2, 0.25) is 0 Å². The van der Waals surface area contributed by atoms with E-state index in [-0.39, 0.29) is 11.8 Å². The number of carboxylic acids is 1. The van der Waals surface area contributed by atoms with Gasteiger partial charge < -0.3 is 10.0 Å². The van der Waals surface area contributed by atoms with Gasteiger partial charge in [-0.1, -0.05) is 24.3 Å². The van der Waals surface area contributed by atoms with E-state index >= 15 is 0 Å². The third-order valence-electron chi connectivity index (χ3n) is 5.03. The lowest BCUT2D eigenvalue weighted by Gasteiger charge is -2.31. The van der Waals surface area contributed by atoms with Crippen molar-refractivity contribution in [3.8, 4) is 0 Å². The van der Waals surface area contributed by atoms with Crippen LogP contribution in [0.4, 0.5) is 0 Å². The molecule has 3 rings (SSSR count). The Morgan fingerprint density at radius 1 is 1.30 bits per heavy atom. The van der Waals surface area contributed by atoms with Crippen LogP contribution < -0.4 is 0 Å². The number of hydrogen-bond acceptors (Lipinski definition) is 2. The fourth-order valence-electron chi connectivity index (χ4n) is 3.64. The van der Waals surface area contributed by atoms with Crippen LogP contribution in [0.1, 0.15) is 49.1 Å². The molecule has 3 nitrogen and oxygen atoms in total. The summed E-state index contributed by atoms with van der Waals surface area (Å²) < 4.78 is 0. The molecule has 1 saturated carbocycles. The first-order chi connectivity index (χ1) is 9.61. The molecule has 1 aliphatic heterocycles. The molecule has 0 radical (unpaired) electrons. The number of rotatable bonds is 4. The maximum absolute atomic E-state index is 11.2. The number of carbonyl (C=O) groups is 1. The van der Waals surface area contributed by atoms with E-state index in [4.69, 9.17) is 0 Å². The van der Waals surface area contributed by atoms with Gasteiger partial charge >= 0.3 is 5.97 Å². The number of nitrogens with zero attached hydrogens (tertiary/aromatic N) is 1. The predicted molar refractivity (Wildman–Crippen MR) is 79.1 cm³/mol. The molecular weight excluding hydrogens is 250 g/mol. The van der Waals surface area contributed by atoms with Gasteiger partial charge in [-0.3, -0.25) is 4.79 Å². The third-order valence-corrected chi connectivity index (χ3v) is 5.03. The van der Waals surface area contributed by atoms with E-state index < -0.39 is 5.97 Å². The molecule has 0 atom stereocenters. The van der Waals surface area contributed by atoms with E-state index in [1.54, 1.807) is 0 Å². The molecule has 3 heteroatoms. The second-order valence-corrected chi connectivity index (χ2v) is 6.52. The summed E-state index contributed by atoms with van der Waals surface area (Å²) in [7, 11) is 2.18. The number of likely N-dealkylation sites (tertiary alicyclic amines) is 1. The van der Waals surface area contributed by atoms with Gasteiger partial charge in [-0.05, 0) is 62.9 Å². The summed E-state index contributed by atoms with van der Waals surface area (Å²) in [5.41, 5.74) is 2.67. The smallest absolute Gasteiger partial charge is 0.304 e. The molecule has 1 aliphatic carbocycles. The van der Waals surface area contributed by atoms with Crippen molar-refractivity contribution in [3.63, 3.8) is 0 Å². The Balaban J connectivity index is 1.87. The fraction of sp³-hybridized carbons (Fsp3) is 0.588. The van der Waals surface area contributed by atoms with Crippen LogP contribution in [-0.4, -0.2) is 36.1 Å². The number of carboxylic acid groups (broad SMARTS) is 1. The Bertz CT molecular complexity index is 499. The third kappa shape index (κ3) is 2.59. The molecule has 0 unspecified atom stereocenters. The average molecular weight is 273 g/mol. The van der Waals surface area contributed by atoms with Crippen molar-refractivity contribution in [2.24, 2.45) is 0 Å². The second kappa shape index (κ2) is 5.21. The Morgan fingerprint density at radius 2 is 1.95 bits per heavy atom. The molecule has 0 amide bonds. The van der Waals surface area contributed by atoms with E-state index in [0.717, 1.165) is 25.9 Å². The summed E-state index contributed by atoms with van der Waals surface area (Å²) >= 11 is 0. The monoisotopic (exact) mass is 273 g/mol. The average Bonchev–Trinajstić information content (AvgIpc) is 3.20. The summed E-state index contributed by atoms with van der Waals surface area (Å²) in [5, 5.41) is 9.18.